The SMILES string of the molecule is COc1ccc(C(=O)NNC(=O)COC(=O)c2ccc(Cl)cc2)cc1OC. The van der Waals surface area contributed by atoms with E-state index in [0.717, 1.165) is 0 Å². The minimum Gasteiger partial charge on any atom is -0.493 e. The van der Waals surface area contributed by atoms with Crippen molar-refractivity contribution in [3.8, 4) is 11.5 Å². The highest BCUT2D eigenvalue weighted by molar-refractivity contribution is 6.30. The number of halogens is 1. The molecule has 9 heteroatoms. The van der Waals surface area contributed by atoms with Gasteiger partial charge in [0.2, 0.25) is 0 Å². The molecule has 0 aliphatic rings. The van der Waals surface area contributed by atoms with Crippen molar-refractivity contribution < 1.29 is 28.6 Å². The van der Waals surface area contributed by atoms with E-state index in [4.69, 9.17) is 25.8 Å². The summed E-state index contributed by atoms with van der Waals surface area (Å²) in [6, 6.07) is 10.5. The summed E-state index contributed by atoms with van der Waals surface area (Å²) in [4.78, 5) is 35.6. The van der Waals surface area contributed by atoms with Gasteiger partial charge in [0.05, 0.1) is 19.8 Å². The Morgan fingerprint density at radius 1 is 0.889 bits per heavy atom. The molecule has 0 aliphatic carbocycles. The number of carbonyl (C=O) groups is 3. The summed E-state index contributed by atoms with van der Waals surface area (Å²) in [7, 11) is 2.92. The summed E-state index contributed by atoms with van der Waals surface area (Å²) in [5, 5.41) is 0.474. The number of ether oxygens (including phenoxy) is 3. The average molecular weight is 393 g/mol. The van der Waals surface area contributed by atoms with E-state index in [0.29, 0.717) is 16.5 Å². The van der Waals surface area contributed by atoms with Crippen molar-refractivity contribution >= 4 is 29.4 Å². The smallest absolute Gasteiger partial charge is 0.338 e. The van der Waals surface area contributed by atoms with Crippen LogP contribution >= 0.6 is 11.6 Å². The third-order valence-electron chi connectivity index (χ3n) is 3.38. The first-order chi connectivity index (χ1) is 12.9. The van der Waals surface area contributed by atoms with E-state index in [-0.39, 0.29) is 11.1 Å². The van der Waals surface area contributed by atoms with Gasteiger partial charge in [-0.25, -0.2) is 4.79 Å². The van der Waals surface area contributed by atoms with E-state index in [1.165, 1.54) is 50.6 Å². The predicted molar refractivity (Wildman–Crippen MR) is 96.9 cm³/mol. The van der Waals surface area contributed by atoms with Crippen molar-refractivity contribution in [2.75, 3.05) is 20.8 Å². The van der Waals surface area contributed by atoms with Crippen LogP contribution in [0.2, 0.25) is 5.02 Å². The number of hydrogen-bond acceptors (Lipinski definition) is 6. The standard InChI is InChI=1S/C18H17ClN2O6/c1-25-14-8-5-12(9-15(14)26-2)17(23)21-20-16(22)10-27-18(24)11-3-6-13(19)7-4-11/h3-9H,10H2,1-2H3,(H,20,22)(H,21,23). The van der Waals surface area contributed by atoms with E-state index >= 15 is 0 Å². The summed E-state index contributed by atoms with van der Waals surface area (Å²) in [6.07, 6.45) is 0. The number of hydrogen-bond donors (Lipinski definition) is 2. The molecule has 2 aromatic carbocycles. The van der Waals surface area contributed by atoms with E-state index in [1.807, 2.05) is 0 Å². The molecule has 0 spiro atoms. The van der Waals surface area contributed by atoms with Crippen LogP contribution in [-0.2, 0) is 9.53 Å². The molecular formula is C18H17ClN2O6. The van der Waals surface area contributed by atoms with E-state index in [1.54, 1.807) is 6.07 Å². The maximum Gasteiger partial charge on any atom is 0.338 e. The third-order valence-corrected chi connectivity index (χ3v) is 3.63. The van der Waals surface area contributed by atoms with Crippen molar-refractivity contribution in [2.24, 2.45) is 0 Å². The average Bonchev–Trinajstić information content (AvgIpc) is 2.70. The Balaban J connectivity index is 1.83. The zero-order valence-corrected chi connectivity index (χ0v) is 15.3. The van der Waals surface area contributed by atoms with Crippen molar-refractivity contribution in [1.29, 1.82) is 0 Å². The summed E-state index contributed by atoms with van der Waals surface area (Å²) in [5.41, 5.74) is 4.86. The fourth-order valence-electron chi connectivity index (χ4n) is 2.01. The van der Waals surface area contributed by atoms with Gasteiger partial charge in [-0.15, -0.1) is 0 Å². The second-order valence-corrected chi connectivity index (χ2v) is 5.59. The van der Waals surface area contributed by atoms with Gasteiger partial charge in [0.25, 0.3) is 11.8 Å². The molecule has 0 aliphatic heterocycles. The molecule has 0 fully saturated rings. The van der Waals surface area contributed by atoms with Crippen LogP contribution in [0.5, 0.6) is 11.5 Å². The van der Waals surface area contributed by atoms with Crippen LogP contribution in [0.15, 0.2) is 42.5 Å². The first-order valence-corrected chi connectivity index (χ1v) is 8.06. The monoisotopic (exact) mass is 392 g/mol. The highest BCUT2D eigenvalue weighted by atomic mass is 35.5. The lowest BCUT2D eigenvalue weighted by atomic mass is 10.2. The summed E-state index contributed by atoms with van der Waals surface area (Å²) in [5.74, 6) is -1.13. The molecule has 0 saturated carbocycles. The van der Waals surface area contributed by atoms with E-state index in [9.17, 15) is 14.4 Å². The Morgan fingerprint density at radius 2 is 1.52 bits per heavy atom. The fraction of sp³-hybridized carbons (Fsp3) is 0.167. The molecule has 8 nitrogen and oxygen atoms in total. The van der Waals surface area contributed by atoms with Crippen LogP contribution in [0.25, 0.3) is 0 Å². The molecule has 27 heavy (non-hydrogen) atoms. The van der Waals surface area contributed by atoms with Gasteiger partial charge in [-0.05, 0) is 42.5 Å². The zero-order chi connectivity index (χ0) is 19.8. The molecular weight excluding hydrogens is 376 g/mol. The van der Waals surface area contributed by atoms with Gasteiger partial charge < -0.3 is 14.2 Å². The van der Waals surface area contributed by atoms with Gasteiger partial charge in [0, 0.05) is 10.6 Å². The molecule has 0 saturated heterocycles. The van der Waals surface area contributed by atoms with Crippen LogP contribution in [0, 0.1) is 0 Å². The van der Waals surface area contributed by atoms with Gasteiger partial charge in [-0.1, -0.05) is 11.6 Å². The normalized spacial score (nSPS) is 9.89. The number of amides is 2. The highest BCUT2D eigenvalue weighted by Gasteiger charge is 2.13. The van der Waals surface area contributed by atoms with E-state index in [2.05, 4.69) is 10.9 Å². The molecule has 0 radical (unpaired) electrons. The Hall–Kier alpha value is -3.26. The maximum absolute atomic E-state index is 12.1. The van der Waals surface area contributed by atoms with Crippen LogP contribution < -0.4 is 20.3 Å². The minimum absolute atomic E-state index is 0.242. The first kappa shape index (κ1) is 20.1. The van der Waals surface area contributed by atoms with Crippen LogP contribution in [0.1, 0.15) is 20.7 Å². The topological polar surface area (TPSA) is 103 Å². The number of esters is 1. The second kappa shape index (κ2) is 9.44. The van der Waals surface area contributed by atoms with Gasteiger partial charge in [-0.3, -0.25) is 20.4 Å². The Labute approximate surface area is 160 Å². The highest BCUT2D eigenvalue weighted by Crippen LogP contribution is 2.27. The lowest BCUT2D eigenvalue weighted by Gasteiger charge is -2.11. The fourth-order valence-corrected chi connectivity index (χ4v) is 2.14. The number of nitrogens with one attached hydrogen (secondary N) is 2. The number of methoxy groups -OCH3 is 2. The van der Waals surface area contributed by atoms with Crippen LogP contribution in [0.3, 0.4) is 0 Å². The molecule has 0 unspecified atom stereocenters. The van der Waals surface area contributed by atoms with Gasteiger partial charge in [-0.2, -0.15) is 0 Å². The van der Waals surface area contributed by atoms with Crippen molar-refractivity contribution in [3.63, 3.8) is 0 Å². The first-order valence-electron chi connectivity index (χ1n) is 7.68. The quantitative estimate of drug-likeness (QED) is 0.575. The number of carbonyl (C=O) groups excluding carboxylic acids is 3. The predicted octanol–water partition coefficient (Wildman–Crippen LogP) is 1.98. The van der Waals surface area contributed by atoms with Crippen molar-refractivity contribution in [3.05, 3.63) is 58.6 Å². The Kier molecular flexibility index (Phi) is 7.01. The lowest BCUT2D eigenvalue weighted by molar-refractivity contribution is -0.125. The minimum atomic E-state index is -0.703. The summed E-state index contributed by atoms with van der Waals surface area (Å²) >= 11 is 5.73. The van der Waals surface area contributed by atoms with E-state index < -0.39 is 24.4 Å². The maximum atomic E-state index is 12.1. The van der Waals surface area contributed by atoms with Gasteiger partial charge in [0.15, 0.2) is 18.1 Å². The Bertz CT molecular complexity index is 838. The van der Waals surface area contributed by atoms with Gasteiger partial charge in [0.1, 0.15) is 0 Å². The third kappa shape index (κ3) is 5.61. The molecule has 2 aromatic rings. The number of rotatable bonds is 6. The molecule has 2 amide bonds. The zero-order valence-electron chi connectivity index (χ0n) is 14.6. The number of hydrazine groups is 1. The summed E-state index contributed by atoms with van der Waals surface area (Å²) < 4.78 is 15.0. The molecule has 142 valence electrons. The molecule has 0 aromatic heterocycles. The van der Waals surface area contributed by atoms with Crippen molar-refractivity contribution in [1.82, 2.24) is 10.9 Å². The molecule has 2 N–H and O–H groups in total. The Morgan fingerprint density at radius 3 is 2.15 bits per heavy atom. The van der Waals surface area contributed by atoms with Crippen molar-refractivity contribution in [2.45, 2.75) is 0 Å². The molecule has 0 heterocycles. The molecule has 2 rings (SSSR count). The van der Waals surface area contributed by atoms with Gasteiger partial charge >= 0.3 is 5.97 Å². The number of benzene rings is 2. The molecule has 0 atom stereocenters. The largest absolute Gasteiger partial charge is 0.493 e. The molecule has 0 bridgehead atoms. The lowest BCUT2D eigenvalue weighted by Crippen LogP contribution is -2.43. The second-order valence-electron chi connectivity index (χ2n) is 5.16. The summed E-state index contributed by atoms with van der Waals surface area (Å²) in [6.45, 7) is -0.562. The van der Waals surface area contributed by atoms with Crippen LogP contribution in [-0.4, -0.2) is 38.6 Å². The van der Waals surface area contributed by atoms with Crippen LogP contribution in [0.4, 0.5) is 0 Å².